The van der Waals surface area contributed by atoms with Crippen molar-refractivity contribution in [2.75, 3.05) is 18.9 Å². The van der Waals surface area contributed by atoms with Gasteiger partial charge in [0.15, 0.2) is 0 Å². The van der Waals surface area contributed by atoms with Crippen molar-refractivity contribution in [1.82, 2.24) is 0 Å². The molecule has 0 N–H and O–H groups in total. The highest BCUT2D eigenvalue weighted by Gasteiger charge is 2.07. The summed E-state index contributed by atoms with van der Waals surface area (Å²) in [7, 11) is 0. The second-order valence-corrected chi connectivity index (χ2v) is 3.75. The molecule has 1 heterocycles. The Hall–Kier alpha value is -0.180. The predicted molar refractivity (Wildman–Crippen MR) is 45.6 cm³/mol. The Labute approximate surface area is 66.1 Å². The lowest BCUT2D eigenvalue weighted by molar-refractivity contribution is 0.266. The lowest BCUT2D eigenvalue weighted by Gasteiger charge is -2.05. The molecule has 0 aliphatic carbocycles. The maximum Gasteiger partial charge on any atom is 0.245 e. The fourth-order valence-corrected chi connectivity index (χ4v) is 1.33. The zero-order valence-electron chi connectivity index (χ0n) is 6.46. The van der Waals surface area contributed by atoms with E-state index in [0.29, 0.717) is 5.92 Å². The van der Waals surface area contributed by atoms with Crippen molar-refractivity contribution in [3.63, 3.8) is 0 Å². The average molecular weight is 159 g/mol. The van der Waals surface area contributed by atoms with E-state index in [1.54, 1.807) is 11.8 Å². The largest absolute Gasteiger partial charge is 0.473 e. The molecule has 1 aliphatic rings. The third-order valence-electron chi connectivity index (χ3n) is 1.10. The zero-order chi connectivity index (χ0) is 7.40. The summed E-state index contributed by atoms with van der Waals surface area (Å²) < 4.78 is 5.38. The second-order valence-electron chi connectivity index (χ2n) is 2.70. The standard InChI is InChI=1S/C7H13NOS/c1-6(2)5-9-7-8-3-4-10-7/h6H,3-5H2,1-2H3. The normalized spacial score (nSPS) is 17.7. The summed E-state index contributed by atoms with van der Waals surface area (Å²) in [5.74, 6) is 1.69. The summed E-state index contributed by atoms with van der Waals surface area (Å²) >= 11 is 1.71. The van der Waals surface area contributed by atoms with Gasteiger partial charge in [-0.25, -0.2) is 4.99 Å². The van der Waals surface area contributed by atoms with Gasteiger partial charge in [0.2, 0.25) is 5.23 Å². The Morgan fingerprint density at radius 2 is 2.50 bits per heavy atom. The maximum absolute atomic E-state index is 5.38. The van der Waals surface area contributed by atoms with Gasteiger partial charge in [-0.2, -0.15) is 0 Å². The molecule has 58 valence electrons. The van der Waals surface area contributed by atoms with Crippen LogP contribution in [0, 0.1) is 5.92 Å². The number of hydrogen-bond acceptors (Lipinski definition) is 3. The summed E-state index contributed by atoms with van der Waals surface area (Å²) in [5.41, 5.74) is 0. The molecule has 0 fully saturated rings. The predicted octanol–water partition coefficient (Wildman–Crippen LogP) is 1.76. The van der Waals surface area contributed by atoms with Crippen LogP contribution in [0.5, 0.6) is 0 Å². The van der Waals surface area contributed by atoms with Crippen molar-refractivity contribution in [2.24, 2.45) is 10.9 Å². The molecular weight excluding hydrogens is 146 g/mol. The summed E-state index contributed by atoms with van der Waals surface area (Å²) in [4.78, 5) is 4.17. The van der Waals surface area contributed by atoms with Crippen LogP contribution in [-0.2, 0) is 4.74 Å². The summed E-state index contributed by atoms with van der Waals surface area (Å²) in [6.07, 6.45) is 0. The zero-order valence-corrected chi connectivity index (χ0v) is 7.28. The second kappa shape index (κ2) is 3.86. The first-order valence-corrected chi connectivity index (χ1v) is 4.57. The molecule has 0 unspecified atom stereocenters. The number of thioether (sulfide) groups is 1. The van der Waals surface area contributed by atoms with Gasteiger partial charge in [-0.3, -0.25) is 0 Å². The Morgan fingerprint density at radius 1 is 1.70 bits per heavy atom. The molecule has 0 saturated heterocycles. The summed E-state index contributed by atoms with van der Waals surface area (Å²) in [6.45, 7) is 6.00. The average Bonchev–Trinajstić information content (AvgIpc) is 2.34. The minimum Gasteiger partial charge on any atom is -0.473 e. The number of ether oxygens (including phenoxy) is 1. The fraction of sp³-hybridized carbons (Fsp3) is 0.857. The fourth-order valence-electron chi connectivity index (χ4n) is 0.641. The van der Waals surface area contributed by atoms with E-state index in [1.165, 1.54) is 0 Å². The van der Waals surface area contributed by atoms with E-state index < -0.39 is 0 Å². The Kier molecular flexibility index (Phi) is 3.06. The molecule has 0 atom stereocenters. The molecule has 0 saturated carbocycles. The highest BCUT2D eigenvalue weighted by molar-refractivity contribution is 8.13. The molecular formula is C7H13NOS. The first-order chi connectivity index (χ1) is 4.79. The molecule has 10 heavy (non-hydrogen) atoms. The van der Waals surface area contributed by atoms with Gasteiger partial charge >= 0.3 is 0 Å². The molecule has 0 aromatic carbocycles. The van der Waals surface area contributed by atoms with E-state index in [-0.39, 0.29) is 0 Å². The Bertz CT molecular complexity index is 134. The quantitative estimate of drug-likeness (QED) is 0.612. The van der Waals surface area contributed by atoms with Crippen molar-refractivity contribution >= 4 is 17.0 Å². The number of nitrogens with zero attached hydrogens (tertiary/aromatic N) is 1. The van der Waals surface area contributed by atoms with Crippen LogP contribution < -0.4 is 0 Å². The number of hydrogen-bond donors (Lipinski definition) is 0. The number of rotatable bonds is 2. The van der Waals surface area contributed by atoms with Crippen LogP contribution in [0.3, 0.4) is 0 Å². The number of aliphatic imine (C=N–C) groups is 1. The molecule has 3 heteroatoms. The van der Waals surface area contributed by atoms with Gasteiger partial charge in [0.25, 0.3) is 0 Å². The van der Waals surface area contributed by atoms with E-state index in [9.17, 15) is 0 Å². The molecule has 0 aromatic rings. The smallest absolute Gasteiger partial charge is 0.245 e. The van der Waals surface area contributed by atoms with E-state index >= 15 is 0 Å². The van der Waals surface area contributed by atoms with Gasteiger partial charge in [0.05, 0.1) is 13.2 Å². The monoisotopic (exact) mass is 159 g/mol. The van der Waals surface area contributed by atoms with Crippen molar-refractivity contribution in [1.29, 1.82) is 0 Å². The molecule has 1 aliphatic heterocycles. The van der Waals surface area contributed by atoms with Crippen molar-refractivity contribution in [3.8, 4) is 0 Å². The third-order valence-corrected chi connectivity index (χ3v) is 1.98. The molecule has 0 amide bonds. The SMILES string of the molecule is CC(C)COC1=NCCS1. The van der Waals surface area contributed by atoms with Gasteiger partial charge in [0.1, 0.15) is 0 Å². The van der Waals surface area contributed by atoms with Gasteiger partial charge in [-0.1, -0.05) is 25.6 Å². The Morgan fingerprint density at radius 3 is 3.00 bits per heavy atom. The third kappa shape index (κ3) is 2.60. The maximum atomic E-state index is 5.38. The van der Waals surface area contributed by atoms with Gasteiger partial charge in [-0.05, 0) is 5.92 Å². The van der Waals surface area contributed by atoms with Crippen LogP contribution in [0.15, 0.2) is 4.99 Å². The summed E-state index contributed by atoms with van der Waals surface area (Å²) in [6, 6.07) is 0. The lowest BCUT2D eigenvalue weighted by atomic mass is 10.2. The van der Waals surface area contributed by atoms with Gasteiger partial charge < -0.3 is 4.74 Å². The van der Waals surface area contributed by atoms with Crippen LogP contribution in [0.2, 0.25) is 0 Å². The highest BCUT2D eigenvalue weighted by atomic mass is 32.2. The van der Waals surface area contributed by atoms with Crippen molar-refractivity contribution < 1.29 is 4.74 Å². The molecule has 0 radical (unpaired) electrons. The van der Waals surface area contributed by atoms with E-state index in [0.717, 1.165) is 24.1 Å². The van der Waals surface area contributed by atoms with Crippen LogP contribution >= 0.6 is 11.8 Å². The molecule has 0 bridgehead atoms. The molecule has 0 spiro atoms. The van der Waals surface area contributed by atoms with Crippen LogP contribution in [0.4, 0.5) is 0 Å². The van der Waals surface area contributed by atoms with E-state index in [2.05, 4.69) is 18.8 Å². The van der Waals surface area contributed by atoms with Crippen LogP contribution in [0.1, 0.15) is 13.8 Å². The van der Waals surface area contributed by atoms with E-state index in [4.69, 9.17) is 4.74 Å². The molecule has 1 rings (SSSR count). The summed E-state index contributed by atoms with van der Waals surface area (Å²) in [5, 5.41) is 0.883. The molecule has 0 aromatic heterocycles. The van der Waals surface area contributed by atoms with Gasteiger partial charge in [-0.15, -0.1) is 0 Å². The minimum atomic E-state index is 0.601. The van der Waals surface area contributed by atoms with Gasteiger partial charge in [0, 0.05) is 5.75 Å². The first-order valence-electron chi connectivity index (χ1n) is 3.59. The first kappa shape index (κ1) is 7.92. The van der Waals surface area contributed by atoms with Crippen molar-refractivity contribution in [3.05, 3.63) is 0 Å². The molecule has 2 nitrogen and oxygen atoms in total. The highest BCUT2D eigenvalue weighted by Crippen LogP contribution is 2.12. The lowest BCUT2D eigenvalue weighted by Crippen LogP contribution is -2.04. The van der Waals surface area contributed by atoms with E-state index in [1.807, 2.05) is 0 Å². The van der Waals surface area contributed by atoms with Crippen LogP contribution in [-0.4, -0.2) is 24.1 Å². The topological polar surface area (TPSA) is 21.6 Å². The Balaban J connectivity index is 2.13. The van der Waals surface area contributed by atoms with Crippen LogP contribution in [0.25, 0.3) is 0 Å². The minimum absolute atomic E-state index is 0.601. The van der Waals surface area contributed by atoms with Crippen molar-refractivity contribution in [2.45, 2.75) is 13.8 Å².